The normalized spacial score (nSPS) is 10.3. The molecule has 4 heteroatoms. The summed E-state index contributed by atoms with van der Waals surface area (Å²) < 4.78 is 18.3. The van der Waals surface area contributed by atoms with Crippen molar-refractivity contribution in [3.05, 3.63) is 65.0 Å². The lowest BCUT2D eigenvalue weighted by atomic mass is 10.1. The number of rotatable bonds is 6. The molecule has 0 radical (unpaired) electrons. The van der Waals surface area contributed by atoms with Crippen molar-refractivity contribution in [2.45, 2.75) is 20.3 Å². The van der Waals surface area contributed by atoms with Crippen LogP contribution in [-0.2, 0) is 6.42 Å². The Hall–Kier alpha value is -2.36. The van der Waals surface area contributed by atoms with E-state index in [1.807, 2.05) is 26.0 Å². The highest BCUT2D eigenvalue weighted by Gasteiger charge is 2.08. The topological polar surface area (TPSA) is 38.3 Å². The fourth-order valence-corrected chi connectivity index (χ4v) is 2.18. The Labute approximate surface area is 130 Å². The summed E-state index contributed by atoms with van der Waals surface area (Å²) in [6, 6.07) is 11.7. The van der Waals surface area contributed by atoms with Crippen molar-refractivity contribution in [3.8, 4) is 5.75 Å². The highest BCUT2D eigenvalue weighted by Crippen LogP contribution is 2.19. The van der Waals surface area contributed by atoms with Crippen LogP contribution in [0.2, 0.25) is 0 Å². The van der Waals surface area contributed by atoms with Gasteiger partial charge in [-0.15, -0.1) is 0 Å². The van der Waals surface area contributed by atoms with Crippen LogP contribution >= 0.6 is 0 Å². The third kappa shape index (κ3) is 4.32. The summed E-state index contributed by atoms with van der Waals surface area (Å²) in [5.74, 6) is 0.427. The van der Waals surface area contributed by atoms with E-state index in [0.717, 1.165) is 16.9 Å². The van der Waals surface area contributed by atoms with E-state index < -0.39 is 0 Å². The summed E-state index contributed by atoms with van der Waals surface area (Å²) in [5, 5.41) is 2.87. The molecule has 1 amide bonds. The van der Waals surface area contributed by atoms with Gasteiger partial charge in [-0.2, -0.15) is 0 Å². The van der Waals surface area contributed by atoms with E-state index in [0.29, 0.717) is 25.1 Å². The molecule has 22 heavy (non-hydrogen) atoms. The second kappa shape index (κ2) is 7.59. The fraction of sp³-hybridized carbons (Fsp3) is 0.278. The van der Waals surface area contributed by atoms with Gasteiger partial charge in [0.15, 0.2) is 0 Å². The second-order valence-electron chi connectivity index (χ2n) is 5.05. The van der Waals surface area contributed by atoms with Gasteiger partial charge in [-0.1, -0.05) is 12.1 Å². The molecule has 0 unspecified atom stereocenters. The van der Waals surface area contributed by atoms with Gasteiger partial charge in [0.2, 0.25) is 0 Å². The van der Waals surface area contributed by atoms with Gasteiger partial charge in [-0.25, -0.2) is 4.39 Å². The maximum Gasteiger partial charge on any atom is 0.251 e. The van der Waals surface area contributed by atoms with Crippen molar-refractivity contribution in [1.82, 2.24) is 5.32 Å². The van der Waals surface area contributed by atoms with Gasteiger partial charge in [-0.05, 0) is 61.7 Å². The first kappa shape index (κ1) is 16.0. The Morgan fingerprint density at radius 1 is 1.18 bits per heavy atom. The number of halogens is 1. The van der Waals surface area contributed by atoms with Crippen LogP contribution in [-0.4, -0.2) is 19.1 Å². The zero-order valence-electron chi connectivity index (χ0n) is 12.9. The molecule has 2 rings (SSSR count). The predicted octanol–water partition coefficient (Wildman–Crippen LogP) is 3.51. The number of nitrogens with one attached hydrogen (secondary N) is 1. The van der Waals surface area contributed by atoms with Gasteiger partial charge in [0.1, 0.15) is 11.6 Å². The minimum absolute atomic E-state index is 0.117. The van der Waals surface area contributed by atoms with Crippen molar-refractivity contribution in [2.24, 2.45) is 0 Å². The van der Waals surface area contributed by atoms with E-state index in [1.165, 1.54) is 12.1 Å². The molecule has 0 aliphatic rings. The fourth-order valence-electron chi connectivity index (χ4n) is 2.18. The average Bonchev–Trinajstić information content (AvgIpc) is 2.51. The SMILES string of the molecule is CCOc1ccc(C(=O)NCCc2ccc(F)cc2)cc1C. The van der Waals surface area contributed by atoms with Gasteiger partial charge in [0.05, 0.1) is 6.61 Å². The number of amides is 1. The minimum Gasteiger partial charge on any atom is -0.494 e. The molecule has 2 aromatic carbocycles. The molecule has 0 saturated heterocycles. The molecule has 2 aromatic rings. The third-order valence-corrected chi connectivity index (χ3v) is 3.35. The predicted molar refractivity (Wildman–Crippen MR) is 84.8 cm³/mol. The number of aryl methyl sites for hydroxylation is 1. The molecular formula is C18H20FNO2. The summed E-state index contributed by atoms with van der Waals surface area (Å²) in [6.45, 7) is 4.95. The van der Waals surface area contributed by atoms with Crippen LogP contribution in [0.1, 0.15) is 28.4 Å². The van der Waals surface area contributed by atoms with E-state index in [1.54, 1.807) is 18.2 Å². The van der Waals surface area contributed by atoms with Gasteiger partial charge in [0.25, 0.3) is 5.91 Å². The molecule has 0 saturated carbocycles. The molecular weight excluding hydrogens is 281 g/mol. The zero-order chi connectivity index (χ0) is 15.9. The van der Waals surface area contributed by atoms with E-state index in [9.17, 15) is 9.18 Å². The quantitative estimate of drug-likeness (QED) is 0.886. The second-order valence-corrected chi connectivity index (χ2v) is 5.05. The molecule has 0 fully saturated rings. The molecule has 1 N–H and O–H groups in total. The highest BCUT2D eigenvalue weighted by atomic mass is 19.1. The maximum absolute atomic E-state index is 12.8. The first-order valence-electron chi connectivity index (χ1n) is 7.36. The number of carbonyl (C=O) groups excluding carboxylic acids is 1. The first-order chi connectivity index (χ1) is 10.6. The molecule has 0 bridgehead atoms. The van der Waals surface area contributed by atoms with Crippen LogP contribution < -0.4 is 10.1 Å². The number of ether oxygens (including phenoxy) is 1. The largest absolute Gasteiger partial charge is 0.494 e. The molecule has 0 spiro atoms. The van der Waals surface area contributed by atoms with Crippen molar-refractivity contribution in [3.63, 3.8) is 0 Å². The highest BCUT2D eigenvalue weighted by molar-refractivity contribution is 5.94. The number of hydrogen-bond acceptors (Lipinski definition) is 2. The Bertz CT molecular complexity index is 638. The van der Waals surface area contributed by atoms with Crippen LogP contribution in [0.5, 0.6) is 5.75 Å². The van der Waals surface area contributed by atoms with Crippen LogP contribution in [0, 0.1) is 12.7 Å². The van der Waals surface area contributed by atoms with Crippen LogP contribution in [0.25, 0.3) is 0 Å². The third-order valence-electron chi connectivity index (χ3n) is 3.35. The first-order valence-corrected chi connectivity index (χ1v) is 7.36. The Morgan fingerprint density at radius 3 is 2.55 bits per heavy atom. The van der Waals surface area contributed by atoms with E-state index >= 15 is 0 Å². The van der Waals surface area contributed by atoms with Gasteiger partial charge in [0, 0.05) is 12.1 Å². The Kier molecular flexibility index (Phi) is 5.53. The number of benzene rings is 2. The molecule has 0 aliphatic heterocycles. The molecule has 0 aromatic heterocycles. The standard InChI is InChI=1S/C18H20FNO2/c1-3-22-17-9-6-15(12-13(17)2)18(21)20-11-10-14-4-7-16(19)8-5-14/h4-9,12H,3,10-11H2,1-2H3,(H,20,21). The average molecular weight is 301 g/mol. The van der Waals surface area contributed by atoms with E-state index in [-0.39, 0.29) is 11.7 Å². The Balaban J connectivity index is 1.89. The lowest BCUT2D eigenvalue weighted by Crippen LogP contribution is -2.25. The van der Waals surface area contributed by atoms with Crippen molar-refractivity contribution in [2.75, 3.05) is 13.2 Å². The van der Waals surface area contributed by atoms with Crippen LogP contribution in [0.4, 0.5) is 4.39 Å². The molecule has 0 aliphatic carbocycles. The van der Waals surface area contributed by atoms with E-state index in [4.69, 9.17) is 4.74 Å². The molecule has 3 nitrogen and oxygen atoms in total. The van der Waals surface area contributed by atoms with Crippen molar-refractivity contribution in [1.29, 1.82) is 0 Å². The van der Waals surface area contributed by atoms with Crippen LogP contribution in [0.3, 0.4) is 0 Å². The van der Waals surface area contributed by atoms with Gasteiger partial charge in [-0.3, -0.25) is 4.79 Å². The summed E-state index contributed by atoms with van der Waals surface area (Å²) >= 11 is 0. The van der Waals surface area contributed by atoms with Crippen LogP contribution in [0.15, 0.2) is 42.5 Å². The lowest BCUT2D eigenvalue weighted by Gasteiger charge is -2.09. The molecule has 116 valence electrons. The number of carbonyl (C=O) groups is 1. The summed E-state index contributed by atoms with van der Waals surface area (Å²) in [6.07, 6.45) is 0.669. The smallest absolute Gasteiger partial charge is 0.251 e. The summed E-state index contributed by atoms with van der Waals surface area (Å²) in [4.78, 5) is 12.1. The summed E-state index contributed by atoms with van der Waals surface area (Å²) in [7, 11) is 0. The van der Waals surface area contributed by atoms with Gasteiger partial charge < -0.3 is 10.1 Å². The molecule has 0 heterocycles. The van der Waals surface area contributed by atoms with Gasteiger partial charge >= 0.3 is 0 Å². The number of hydrogen-bond donors (Lipinski definition) is 1. The zero-order valence-corrected chi connectivity index (χ0v) is 12.9. The minimum atomic E-state index is -0.252. The lowest BCUT2D eigenvalue weighted by molar-refractivity contribution is 0.0954. The maximum atomic E-state index is 12.8. The van der Waals surface area contributed by atoms with Crippen molar-refractivity contribution >= 4 is 5.91 Å². The molecule has 0 atom stereocenters. The summed E-state index contributed by atoms with van der Waals surface area (Å²) in [5.41, 5.74) is 2.54. The van der Waals surface area contributed by atoms with Crippen molar-refractivity contribution < 1.29 is 13.9 Å². The monoisotopic (exact) mass is 301 g/mol. The van der Waals surface area contributed by atoms with E-state index in [2.05, 4.69) is 5.32 Å². The Morgan fingerprint density at radius 2 is 1.91 bits per heavy atom.